The lowest BCUT2D eigenvalue weighted by Gasteiger charge is -2.34. The highest BCUT2D eigenvalue weighted by molar-refractivity contribution is 5.83. The van der Waals surface area contributed by atoms with Crippen LogP contribution in [0.5, 0.6) is 0 Å². The van der Waals surface area contributed by atoms with Crippen LogP contribution in [0.1, 0.15) is 60.8 Å². The van der Waals surface area contributed by atoms with E-state index >= 15 is 0 Å². The lowest BCUT2D eigenvalue weighted by molar-refractivity contribution is -0.173. The summed E-state index contributed by atoms with van der Waals surface area (Å²) in [4.78, 5) is 35.9. The summed E-state index contributed by atoms with van der Waals surface area (Å²) in [5, 5.41) is 9.43. The highest BCUT2D eigenvalue weighted by Gasteiger charge is 2.44. The molecule has 6 heteroatoms. The smallest absolute Gasteiger partial charge is 0.310 e. The first kappa shape index (κ1) is 19.5. The van der Waals surface area contributed by atoms with Gasteiger partial charge in [0.2, 0.25) is 0 Å². The Hall–Kier alpha value is -1.59. The average Bonchev–Trinajstić information content (AvgIpc) is 2.33. The molecule has 132 valence electrons. The van der Waals surface area contributed by atoms with Crippen molar-refractivity contribution < 1.29 is 29.0 Å². The van der Waals surface area contributed by atoms with Gasteiger partial charge in [-0.15, -0.1) is 0 Å². The van der Waals surface area contributed by atoms with E-state index in [4.69, 9.17) is 9.47 Å². The van der Waals surface area contributed by atoms with Crippen molar-refractivity contribution in [3.05, 3.63) is 0 Å². The molecule has 6 nitrogen and oxygen atoms in total. The number of esters is 2. The number of carboxylic acids is 1. The molecule has 1 N–H and O–H groups in total. The molecule has 0 amide bonds. The van der Waals surface area contributed by atoms with Crippen molar-refractivity contribution in [2.75, 3.05) is 0 Å². The van der Waals surface area contributed by atoms with Gasteiger partial charge < -0.3 is 14.6 Å². The van der Waals surface area contributed by atoms with Crippen LogP contribution in [-0.4, -0.2) is 34.2 Å². The summed E-state index contributed by atoms with van der Waals surface area (Å²) in [6.07, 6.45) is 0.854. The minimum absolute atomic E-state index is 0.105. The van der Waals surface area contributed by atoms with Crippen molar-refractivity contribution in [3.8, 4) is 0 Å². The quantitative estimate of drug-likeness (QED) is 0.801. The molecule has 1 rings (SSSR count). The number of hydrogen-bond donors (Lipinski definition) is 1. The van der Waals surface area contributed by atoms with Gasteiger partial charge in [0, 0.05) is 0 Å². The lowest BCUT2D eigenvalue weighted by atomic mass is 9.74. The molecule has 1 fully saturated rings. The van der Waals surface area contributed by atoms with Gasteiger partial charge in [-0.2, -0.15) is 0 Å². The van der Waals surface area contributed by atoms with Crippen molar-refractivity contribution >= 4 is 17.9 Å². The molecule has 3 unspecified atom stereocenters. The first-order valence-corrected chi connectivity index (χ1v) is 7.98. The van der Waals surface area contributed by atoms with Crippen LogP contribution in [0.2, 0.25) is 0 Å². The Morgan fingerprint density at radius 3 is 1.74 bits per heavy atom. The van der Waals surface area contributed by atoms with E-state index in [0.29, 0.717) is 12.8 Å². The summed E-state index contributed by atoms with van der Waals surface area (Å²) in [6, 6.07) is 0. The zero-order valence-electron chi connectivity index (χ0n) is 14.8. The van der Waals surface area contributed by atoms with Crippen LogP contribution >= 0.6 is 0 Å². The standard InChI is InChI=1S/C17H28O6/c1-16(2,3)22-14(20)10-7-8-11(12(9-10)13(18)19)15(21)23-17(4,5)6/h10-12H,7-9H2,1-6H3,(H,18,19). The van der Waals surface area contributed by atoms with Gasteiger partial charge in [0.15, 0.2) is 0 Å². The van der Waals surface area contributed by atoms with Crippen LogP contribution in [0.3, 0.4) is 0 Å². The summed E-state index contributed by atoms with van der Waals surface area (Å²) in [5.74, 6) is -4.11. The Morgan fingerprint density at radius 2 is 1.30 bits per heavy atom. The minimum atomic E-state index is -1.07. The Morgan fingerprint density at radius 1 is 0.826 bits per heavy atom. The van der Waals surface area contributed by atoms with Crippen LogP contribution in [0.4, 0.5) is 0 Å². The van der Waals surface area contributed by atoms with Gasteiger partial charge in [-0.3, -0.25) is 14.4 Å². The summed E-state index contributed by atoms with van der Waals surface area (Å²) in [5.41, 5.74) is -1.28. The molecule has 1 aliphatic carbocycles. The van der Waals surface area contributed by atoms with Crippen LogP contribution in [-0.2, 0) is 23.9 Å². The maximum atomic E-state index is 12.2. The van der Waals surface area contributed by atoms with Crippen LogP contribution in [0.25, 0.3) is 0 Å². The third kappa shape index (κ3) is 6.20. The zero-order chi connectivity index (χ0) is 18.0. The molecule has 1 saturated carbocycles. The average molecular weight is 328 g/mol. The summed E-state index contributed by atoms with van der Waals surface area (Å²) in [6.45, 7) is 10.5. The lowest BCUT2D eigenvalue weighted by Crippen LogP contribution is -2.41. The predicted molar refractivity (Wildman–Crippen MR) is 83.6 cm³/mol. The summed E-state index contributed by atoms with van der Waals surface area (Å²) in [7, 11) is 0. The number of aliphatic carboxylic acids is 1. The van der Waals surface area contributed by atoms with Gasteiger partial charge in [0.1, 0.15) is 11.2 Å². The van der Waals surface area contributed by atoms with Gasteiger partial charge in [-0.25, -0.2) is 0 Å². The van der Waals surface area contributed by atoms with E-state index in [1.54, 1.807) is 41.5 Å². The second-order valence-corrected chi connectivity index (χ2v) is 8.13. The second kappa shape index (κ2) is 6.89. The fraction of sp³-hybridized carbons (Fsp3) is 0.824. The molecule has 0 aromatic rings. The molecule has 0 spiro atoms. The molecule has 0 radical (unpaired) electrons. The monoisotopic (exact) mass is 328 g/mol. The normalized spacial score (nSPS) is 25.6. The Bertz CT molecular complexity index is 468. The maximum absolute atomic E-state index is 12.2. The number of carbonyl (C=O) groups is 3. The molecule has 0 saturated heterocycles. The number of rotatable bonds is 3. The topological polar surface area (TPSA) is 89.9 Å². The first-order valence-electron chi connectivity index (χ1n) is 7.98. The molecular weight excluding hydrogens is 300 g/mol. The highest BCUT2D eigenvalue weighted by atomic mass is 16.6. The zero-order valence-corrected chi connectivity index (χ0v) is 14.8. The van der Waals surface area contributed by atoms with Crippen LogP contribution in [0, 0.1) is 17.8 Å². The molecule has 0 bridgehead atoms. The molecule has 1 aliphatic rings. The minimum Gasteiger partial charge on any atom is -0.481 e. The van der Waals surface area contributed by atoms with Crippen molar-refractivity contribution in [1.29, 1.82) is 0 Å². The fourth-order valence-corrected chi connectivity index (χ4v) is 2.70. The van der Waals surface area contributed by atoms with Crippen molar-refractivity contribution in [1.82, 2.24) is 0 Å². The van der Waals surface area contributed by atoms with E-state index in [1.807, 2.05) is 0 Å². The van der Waals surface area contributed by atoms with Crippen molar-refractivity contribution in [2.45, 2.75) is 72.0 Å². The van der Waals surface area contributed by atoms with Crippen molar-refractivity contribution in [2.24, 2.45) is 17.8 Å². The van der Waals surface area contributed by atoms with E-state index in [-0.39, 0.29) is 6.42 Å². The third-order valence-electron chi connectivity index (χ3n) is 3.62. The van der Waals surface area contributed by atoms with Gasteiger partial charge in [-0.05, 0) is 60.8 Å². The van der Waals surface area contributed by atoms with Gasteiger partial charge in [-0.1, -0.05) is 0 Å². The molecule has 23 heavy (non-hydrogen) atoms. The van der Waals surface area contributed by atoms with Gasteiger partial charge >= 0.3 is 17.9 Å². The summed E-state index contributed by atoms with van der Waals surface area (Å²) >= 11 is 0. The number of carbonyl (C=O) groups excluding carboxylic acids is 2. The van der Waals surface area contributed by atoms with E-state index in [2.05, 4.69) is 0 Å². The van der Waals surface area contributed by atoms with E-state index < -0.39 is 46.9 Å². The molecular formula is C17H28O6. The Balaban J connectivity index is 2.80. The molecule has 0 heterocycles. The number of hydrogen-bond acceptors (Lipinski definition) is 5. The molecule has 0 aromatic carbocycles. The SMILES string of the molecule is CC(C)(C)OC(=O)C1CCC(C(=O)OC(C)(C)C)C(C(=O)O)C1. The van der Waals surface area contributed by atoms with Gasteiger partial charge in [0.05, 0.1) is 17.8 Å². The van der Waals surface area contributed by atoms with Crippen LogP contribution in [0.15, 0.2) is 0 Å². The van der Waals surface area contributed by atoms with E-state index in [1.165, 1.54) is 0 Å². The third-order valence-corrected chi connectivity index (χ3v) is 3.62. The maximum Gasteiger partial charge on any atom is 0.310 e. The highest BCUT2D eigenvalue weighted by Crippen LogP contribution is 2.37. The van der Waals surface area contributed by atoms with Gasteiger partial charge in [0.25, 0.3) is 0 Å². The van der Waals surface area contributed by atoms with Crippen molar-refractivity contribution in [3.63, 3.8) is 0 Å². The first-order chi connectivity index (χ1) is 10.3. The summed E-state index contributed by atoms with van der Waals surface area (Å²) < 4.78 is 10.6. The number of carboxylic acid groups (broad SMARTS) is 1. The Labute approximate surface area is 137 Å². The molecule has 3 atom stereocenters. The van der Waals surface area contributed by atoms with Crippen LogP contribution < -0.4 is 0 Å². The number of ether oxygens (including phenoxy) is 2. The fourth-order valence-electron chi connectivity index (χ4n) is 2.70. The predicted octanol–water partition coefficient (Wildman–Crippen LogP) is 2.79. The van der Waals surface area contributed by atoms with E-state index in [9.17, 15) is 19.5 Å². The molecule has 0 aliphatic heterocycles. The van der Waals surface area contributed by atoms with E-state index in [0.717, 1.165) is 0 Å². The largest absolute Gasteiger partial charge is 0.481 e. The molecule has 0 aromatic heterocycles. The Kier molecular flexibility index (Phi) is 5.83. The second-order valence-electron chi connectivity index (χ2n) is 8.13.